The Bertz CT molecular complexity index is 884. The summed E-state index contributed by atoms with van der Waals surface area (Å²) in [4.78, 5) is 23.9. The van der Waals surface area contributed by atoms with E-state index in [0.29, 0.717) is 5.75 Å². The molecule has 0 spiro atoms. The van der Waals surface area contributed by atoms with E-state index < -0.39 is 28.5 Å². The second kappa shape index (κ2) is 9.58. The topological polar surface area (TPSA) is 111 Å². The van der Waals surface area contributed by atoms with Crippen molar-refractivity contribution in [1.82, 2.24) is 5.32 Å². The molecule has 0 heterocycles. The van der Waals surface area contributed by atoms with Crippen LogP contribution in [0.1, 0.15) is 10.4 Å². The Morgan fingerprint density at radius 1 is 1.00 bits per heavy atom. The largest absolute Gasteiger partial charge is 0.492 e. The van der Waals surface area contributed by atoms with Gasteiger partial charge >= 0.3 is 5.97 Å². The van der Waals surface area contributed by atoms with E-state index in [1.165, 1.54) is 12.1 Å². The fraction of sp³-hybridized carbons (Fsp3) is 0.222. The van der Waals surface area contributed by atoms with Gasteiger partial charge in [0.1, 0.15) is 12.4 Å². The molecule has 0 aromatic heterocycles. The lowest BCUT2D eigenvalue weighted by molar-refractivity contribution is -0.124. The minimum Gasteiger partial charge on any atom is -0.492 e. The molecule has 1 amide bonds. The van der Waals surface area contributed by atoms with Crippen molar-refractivity contribution in [1.29, 1.82) is 0 Å². The first-order chi connectivity index (χ1) is 12.8. The number of hydrogen-bond acceptors (Lipinski definition) is 6. The van der Waals surface area contributed by atoms with Crippen molar-refractivity contribution in [3.05, 3.63) is 60.2 Å². The molecule has 0 fully saturated rings. The van der Waals surface area contributed by atoms with Gasteiger partial charge in [-0.15, -0.1) is 0 Å². The third-order valence-corrected chi connectivity index (χ3v) is 3.80. The Labute approximate surface area is 157 Å². The number of rotatable bonds is 9. The van der Waals surface area contributed by atoms with Crippen molar-refractivity contribution in [3.8, 4) is 5.75 Å². The molecule has 8 nitrogen and oxygen atoms in total. The summed E-state index contributed by atoms with van der Waals surface area (Å²) in [5.41, 5.74) is 0.102. The van der Waals surface area contributed by atoms with Crippen molar-refractivity contribution >= 4 is 27.6 Å². The Hall–Kier alpha value is -3.07. The average Bonchev–Trinajstić information content (AvgIpc) is 2.63. The number of hydrogen-bond donors (Lipinski definition) is 2. The van der Waals surface area contributed by atoms with Gasteiger partial charge in [-0.05, 0) is 24.3 Å². The summed E-state index contributed by atoms with van der Waals surface area (Å²) in [6.45, 7) is 0.0275. The SMILES string of the molecule is CS(=O)(=O)Nc1ccccc1C(=O)OCC(=O)NCCOc1ccccc1. The van der Waals surface area contributed by atoms with Gasteiger partial charge in [0.25, 0.3) is 5.91 Å². The van der Waals surface area contributed by atoms with E-state index in [1.807, 2.05) is 18.2 Å². The predicted octanol–water partition coefficient (Wildman–Crippen LogP) is 1.41. The first-order valence-electron chi connectivity index (χ1n) is 8.03. The van der Waals surface area contributed by atoms with E-state index >= 15 is 0 Å². The Morgan fingerprint density at radius 2 is 1.67 bits per heavy atom. The summed E-state index contributed by atoms with van der Waals surface area (Å²) >= 11 is 0. The van der Waals surface area contributed by atoms with Crippen LogP contribution in [-0.2, 0) is 19.6 Å². The maximum absolute atomic E-state index is 12.1. The number of sulfonamides is 1. The molecule has 0 atom stereocenters. The van der Waals surface area contributed by atoms with Crippen molar-refractivity contribution < 1.29 is 27.5 Å². The molecule has 144 valence electrons. The van der Waals surface area contributed by atoms with Crippen LogP contribution >= 0.6 is 0 Å². The highest BCUT2D eigenvalue weighted by Crippen LogP contribution is 2.17. The van der Waals surface area contributed by atoms with Crippen molar-refractivity contribution in [2.45, 2.75) is 0 Å². The summed E-state index contributed by atoms with van der Waals surface area (Å²) in [6.07, 6.45) is 0.972. The lowest BCUT2D eigenvalue weighted by Gasteiger charge is -2.11. The second-order valence-corrected chi connectivity index (χ2v) is 7.26. The van der Waals surface area contributed by atoms with E-state index in [9.17, 15) is 18.0 Å². The smallest absolute Gasteiger partial charge is 0.340 e. The van der Waals surface area contributed by atoms with Crippen LogP contribution in [0, 0.1) is 0 Å². The molecule has 27 heavy (non-hydrogen) atoms. The van der Waals surface area contributed by atoms with Crippen LogP contribution in [0.3, 0.4) is 0 Å². The fourth-order valence-corrected chi connectivity index (χ4v) is 2.66. The third-order valence-electron chi connectivity index (χ3n) is 3.21. The van der Waals surface area contributed by atoms with Crippen molar-refractivity contribution in [3.63, 3.8) is 0 Å². The van der Waals surface area contributed by atoms with E-state index in [-0.39, 0.29) is 24.4 Å². The van der Waals surface area contributed by atoms with Gasteiger partial charge in [-0.2, -0.15) is 0 Å². The van der Waals surface area contributed by atoms with Crippen LogP contribution in [-0.4, -0.2) is 46.3 Å². The van der Waals surface area contributed by atoms with Crippen molar-refractivity contribution in [2.24, 2.45) is 0 Å². The Kier molecular flexibility index (Phi) is 7.18. The quantitative estimate of drug-likeness (QED) is 0.493. The molecule has 0 bridgehead atoms. The number of amides is 1. The van der Waals surface area contributed by atoms with Crippen LogP contribution in [0.25, 0.3) is 0 Å². The van der Waals surface area contributed by atoms with Gasteiger partial charge in [0.2, 0.25) is 10.0 Å². The molecule has 0 saturated carbocycles. The standard InChI is InChI=1S/C18H20N2O6S/c1-27(23,24)20-16-10-6-5-9-15(16)18(22)26-13-17(21)19-11-12-25-14-7-3-2-4-8-14/h2-10,20H,11-13H2,1H3,(H,19,21). The molecule has 2 N–H and O–H groups in total. The number of nitrogens with one attached hydrogen (secondary N) is 2. The monoisotopic (exact) mass is 392 g/mol. The van der Waals surface area contributed by atoms with Crippen LogP contribution in [0.2, 0.25) is 0 Å². The number of ether oxygens (including phenoxy) is 2. The molecule has 0 aliphatic carbocycles. The van der Waals surface area contributed by atoms with Crippen LogP contribution < -0.4 is 14.8 Å². The summed E-state index contributed by atoms with van der Waals surface area (Å²) in [5, 5.41) is 2.56. The number of anilines is 1. The number of esters is 1. The zero-order chi connectivity index (χ0) is 19.7. The predicted molar refractivity (Wildman–Crippen MR) is 100 cm³/mol. The molecule has 0 aliphatic rings. The summed E-state index contributed by atoms with van der Waals surface area (Å²) in [5.74, 6) is -0.612. The molecule has 0 aliphatic heterocycles. The Morgan fingerprint density at radius 3 is 2.37 bits per heavy atom. The third kappa shape index (κ3) is 7.37. The lowest BCUT2D eigenvalue weighted by atomic mass is 10.2. The maximum Gasteiger partial charge on any atom is 0.340 e. The first-order valence-corrected chi connectivity index (χ1v) is 9.93. The van der Waals surface area contributed by atoms with Gasteiger partial charge in [-0.3, -0.25) is 9.52 Å². The lowest BCUT2D eigenvalue weighted by Crippen LogP contribution is -2.32. The van der Waals surface area contributed by atoms with E-state index in [2.05, 4.69) is 10.0 Å². The van der Waals surface area contributed by atoms with Gasteiger partial charge in [0.15, 0.2) is 6.61 Å². The first kappa shape index (κ1) is 20.2. The highest BCUT2D eigenvalue weighted by atomic mass is 32.2. The number of carbonyl (C=O) groups is 2. The van der Waals surface area contributed by atoms with Gasteiger partial charge in [0.05, 0.1) is 24.1 Å². The molecular formula is C18H20N2O6S. The molecule has 9 heteroatoms. The van der Waals surface area contributed by atoms with Gasteiger partial charge < -0.3 is 14.8 Å². The summed E-state index contributed by atoms with van der Waals surface area (Å²) in [7, 11) is -3.55. The Balaban J connectivity index is 1.77. The minimum atomic E-state index is -3.55. The highest BCUT2D eigenvalue weighted by Gasteiger charge is 2.16. The molecular weight excluding hydrogens is 372 g/mol. The van der Waals surface area contributed by atoms with Crippen molar-refractivity contribution in [2.75, 3.05) is 30.7 Å². The fourth-order valence-electron chi connectivity index (χ4n) is 2.09. The average molecular weight is 392 g/mol. The van der Waals surface area contributed by atoms with E-state index in [0.717, 1.165) is 6.26 Å². The minimum absolute atomic E-state index is 0.0168. The van der Waals surface area contributed by atoms with Crippen LogP contribution in [0.15, 0.2) is 54.6 Å². The second-order valence-electron chi connectivity index (χ2n) is 5.51. The van der Waals surface area contributed by atoms with E-state index in [4.69, 9.17) is 9.47 Å². The normalized spacial score (nSPS) is 10.7. The molecule has 0 radical (unpaired) electrons. The summed E-state index contributed by atoms with van der Waals surface area (Å²) < 4.78 is 35.3. The zero-order valence-corrected chi connectivity index (χ0v) is 15.5. The van der Waals surface area contributed by atoms with Crippen LogP contribution in [0.4, 0.5) is 5.69 Å². The molecule has 0 saturated heterocycles. The zero-order valence-electron chi connectivity index (χ0n) is 14.7. The molecule has 2 aromatic carbocycles. The van der Waals surface area contributed by atoms with Crippen LogP contribution in [0.5, 0.6) is 5.75 Å². The number of carbonyl (C=O) groups excluding carboxylic acids is 2. The number of para-hydroxylation sites is 2. The maximum atomic E-state index is 12.1. The molecule has 2 rings (SSSR count). The molecule has 2 aromatic rings. The highest BCUT2D eigenvalue weighted by molar-refractivity contribution is 7.92. The number of benzene rings is 2. The molecule has 0 unspecified atom stereocenters. The summed E-state index contributed by atoms with van der Waals surface area (Å²) in [6, 6.07) is 15.1. The van der Waals surface area contributed by atoms with Gasteiger partial charge in [-0.25, -0.2) is 13.2 Å². The van der Waals surface area contributed by atoms with Gasteiger partial charge in [-0.1, -0.05) is 30.3 Å². The van der Waals surface area contributed by atoms with E-state index in [1.54, 1.807) is 24.3 Å². The van der Waals surface area contributed by atoms with Gasteiger partial charge in [0, 0.05) is 0 Å².